The lowest BCUT2D eigenvalue weighted by molar-refractivity contribution is -0.126. The molecule has 28 heavy (non-hydrogen) atoms. The van der Waals surface area contributed by atoms with Gasteiger partial charge in [-0.15, -0.1) is 11.3 Å². The first kappa shape index (κ1) is 18.3. The molecule has 1 amide bonds. The number of nitrogens with one attached hydrogen (secondary N) is 1. The molecule has 2 fully saturated rings. The number of carbonyl (C=O) groups is 1. The number of hydrogen-bond acceptors (Lipinski definition) is 5. The second-order valence-corrected chi connectivity index (χ2v) is 9.82. The molecule has 2 aliphatic carbocycles. The van der Waals surface area contributed by atoms with Crippen LogP contribution in [-0.4, -0.2) is 35.0 Å². The Bertz CT molecular complexity index is 878. The van der Waals surface area contributed by atoms with E-state index in [4.69, 9.17) is 9.97 Å². The van der Waals surface area contributed by atoms with Crippen LogP contribution in [0.2, 0.25) is 0 Å². The zero-order valence-electron chi connectivity index (χ0n) is 16.8. The Hall–Kier alpha value is -1.69. The highest BCUT2D eigenvalue weighted by Crippen LogP contribution is 2.41. The zero-order chi connectivity index (χ0) is 19.1. The summed E-state index contributed by atoms with van der Waals surface area (Å²) in [7, 11) is 0. The Morgan fingerprint density at radius 3 is 2.61 bits per heavy atom. The summed E-state index contributed by atoms with van der Waals surface area (Å²) in [6.45, 7) is 3.83. The molecule has 1 saturated carbocycles. The summed E-state index contributed by atoms with van der Waals surface area (Å²) in [4.78, 5) is 27.4. The summed E-state index contributed by atoms with van der Waals surface area (Å²) in [5, 5.41) is 4.63. The maximum atomic E-state index is 12.7. The van der Waals surface area contributed by atoms with Crippen molar-refractivity contribution in [1.82, 2.24) is 15.3 Å². The number of anilines is 1. The van der Waals surface area contributed by atoms with E-state index < -0.39 is 0 Å². The number of thiophene rings is 1. The Kier molecular flexibility index (Phi) is 4.99. The van der Waals surface area contributed by atoms with Gasteiger partial charge in [0, 0.05) is 29.9 Å². The molecule has 0 bridgehead atoms. The fourth-order valence-corrected chi connectivity index (χ4v) is 6.53. The number of amides is 1. The molecule has 0 atom stereocenters. The van der Waals surface area contributed by atoms with E-state index in [1.165, 1.54) is 47.9 Å². The van der Waals surface area contributed by atoms with Crippen LogP contribution in [0.5, 0.6) is 0 Å². The molecule has 2 aromatic heterocycles. The number of fused-ring (bicyclic) bond motifs is 3. The smallest absolute Gasteiger partial charge is 0.223 e. The average Bonchev–Trinajstić information content (AvgIpc) is 3.29. The van der Waals surface area contributed by atoms with Crippen molar-refractivity contribution in [3.63, 3.8) is 0 Å². The van der Waals surface area contributed by atoms with Gasteiger partial charge in [0.15, 0.2) is 0 Å². The maximum Gasteiger partial charge on any atom is 0.223 e. The van der Waals surface area contributed by atoms with Crippen LogP contribution >= 0.6 is 11.3 Å². The summed E-state index contributed by atoms with van der Waals surface area (Å²) < 4.78 is 0. The molecule has 1 aliphatic heterocycles. The van der Waals surface area contributed by atoms with E-state index in [9.17, 15) is 4.79 Å². The lowest BCUT2D eigenvalue weighted by Crippen LogP contribution is -2.44. The van der Waals surface area contributed by atoms with E-state index in [1.54, 1.807) is 0 Å². The number of piperidine rings is 1. The van der Waals surface area contributed by atoms with Crippen molar-refractivity contribution in [3.8, 4) is 0 Å². The molecule has 0 aromatic carbocycles. The average molecular weight is 399 g/mol. The largest absolute Gasteiger partial charge is 0.356 e. The molecule has 3 heterocycles. The highest BCUT2D eigenvalue weighted by Gasteiger charge is 2.30. The van der Waals surface area contributed by atoms with Crippen molar-refractivity contribution in [2.45, 2.75) is 77.2 Å². The van der Waals surface area contributed by atoms with Crippen molar-refractivity contribution in [2.24, 2.45) is 5.92 Å². The third kappa shape index (κ3) is 3.40. The number of rotatable bonds is 3. The van der Waals surface area contributed by atoms with Crippen LogP contribution in [0.25, 0.3) is 10.2 Å². The predicted octanol–water partition coefficient (Wildman–Crippen LogP) is 4.15. The van der Waals surface area contributed by atoms with Crippen LogP contribution < -0.4 is 10.2 Å². The van der Waals surface area contributed by atoms with E-state index in [0.717, 1.165) is 61.7 Å². The van der Waals surface area contributed by atoms with Gasteiger partial charge in [0.1, 0.15) is 16.5 Å². The Balaban J connectivity index is 1.30. The van der Waals surface area contributed by atoms with Crippen molar-refractivity contribution in [3.05, 3.63) is 16.3 Å². The van der Waals surface area contributed by atoms with Gasteiger partial charge < -0.3 is 10.2 Å². The van der Waals surface area contributed by atoms with Gasteiger partial charge in [0.05, 0.1) is 5.39 Å². The molecule has 2 aromatic rings. The summed E-state index contributed by atoms with van der Waals surface area (Å²) >= 11 is 1.86. The molecule has 5 rings (SSSR count). The van der Waals surface area contributed by atoms with Gasteiger partial charge in [-0.05, 0) is 57.4 Å². The lowest BCUT2D eigenvalue weighted by Gasteiger charge is -2.34. The van der Waals surface area contributed by atoms with Gasteiger partial charge in [-0.25, -0.2) is 9.97 Å². The molecule has 0 radical (unpaired) electrons. The fraction of sp³-hybridized carbons (Fsp3) is 0.682. The second kappa shape index (κ2) is 7.62. The Morgan fingerprint density at radius 2 is 1.82 bits per heavy atom. The van der Waals surface area contributed by atoms with Gasteiger partial charge in [-0.2, -0.15) is 0 Å². The van der Waals surface area contributed by atoms with Crippen molar-refractivity contribution in [2.75, 3.05) is 18.0 Å². The predicted molar refractivity (Wildman–Crippen MR) is 114 cm³/mol. The van der Waals surface area contributed by atoms with Crippen molar-refractivity contribution < 1.29 is 4.79 Å². The lowest BCUT2D eigenvalue weighted by atomic mass is 9.92. The third-order valence-electron chi connectivity index (χ3n) is 6.77. The normalized spacial score (nSPS) is 21.2. The topological polar surface area (TPSA) is 58.1 Å². The first-order valence-corrected chi connectivity index (χ1v) is 11.8. The Morgan fingerprint density at radius 1 is 1.04 bits per heavy atom. The number of carbonyl (C=O) groups excluding carboxylic acids is 1. The molecule has 5 nitrogen and oxygen atoms in total. The first-order chi connectivity index (χ1) is 13.7. The van der Waals surface area contributed by atoms with Crippen LogP contribution in [-0.2, 0) is 17.6 Å². The molecule has 0 spiro atoms. The highest BCUT2D eigenvalue weighted by atomic mass is 32.1. The Labute approximate surface area is 170 Å². The molecular weight excluding hydrogens is 368 g/mol. The quantitative estimate of drug-likeness (QED) is 0.844. The minimum absolute atomic E-state index is 0.157. The minimum atomic E-state index is 0.157. The number of aryl methyl sites for hydroxylation is 3. The summed E-state index contributed by atoms with van der Waals surface area (Å²) in [5.74, 6) is 2.42. The van der Waals surface area contributed by atoms with Crippen LogP contribution in [0.15, 0.2) is 0 Å². The van der Waals surface area contributed by atoms with Gasteiger partial charge in [0.25, 0.3) is 0 Å². The summed E-state index contributed by atoms with van der Waals surface area (Å²) in [6.07, 6.45) is 11.6. The van der Waals surface area contributed by atoms with E-state index >= 15 is 0 Å². The van der Waals surface area contributed by atoms with E-state index in [2.05, 4.69) is 10.2 Å². The van der Waals surface area contributed by atoms with E-state index in [-0.39, 0.29) is 11.8 Å². The zero-order valence-corrected chi connectivity index (χ0v) is 17.6. The van der Waals surface area contributed by atoms with E-state index in [1.807, 2.05) is 18.3 Å². The first-order valence-electron chi connectivity index (χ1n) is 11.0. The van der Waals surface area contributed by atoms with Crippen LogP contribution in [0, 0.1) is 12.8 Å². The van der Waals surface area contributed by atoms with Crippen LogP contribution in [0.1, 0.15) is 67.6 Å². The minimum Gasteiger partial charge on any atom is -0.356 e. The molecule has 150 valence electrons. The molecular formula is C22H30N4OS. The van der Waals surface area contributed by atoms with Crippen molar-refractivity contribution in [1.29, 1.82) is 0 Å². The van der Waals surface area contributed by atoms with Gasteiger partial charge in [0.2, 0.25) is 5.91 Å². The third-order valence-corrected chi connectivity index (χ3v) is 7.96. The summed E-state index contributed by atoms with van der Waals surface area (Å²) in [5.41, 5.74) is 1.49. The molecule has 1 saturated heterocycles. The summed E-state index contributed by atoms with van der Waals surface area (Å²) in [6, 6.07) is 0.414. The standard InChI is InChI=1S/C22H30N4OS/c1-14-23-20(19-17-8-5-9-18(17)28-22(19)24-14)26-12-10-15(11-13-26)21(27)25-16-6-3-2-4-7-16/h15-16H,2-13H2,1H3,(H,25,27). The van der Waals surface area contributed by atoms with Crippen LogP contribution in [0.3, 0.4) is 0 Å². The molecule has 1 N–H and O–H groups in total. The number of hydrogen-bond donors (Lipinski definition) is 1. The highest BCUT2D eigenvalue weighted by molar-refractivity contribution is 7.19. The molecule has 6 heteroatoms. The van der Waals surface area contributed by atoms with Crippen LogP contribution in [0.4, 0.5) is 5.82 Å². The van der Waals surface area contributed by atoms with Crippen molar-refractivity contribution >= 4 is 33.3 Å². The maximum absolute atomic E-state index is 12.7. The van der Waals surface area contributed by atoms with Gasteiger partial charge in [-0.3, -0.25) is 4.79 Å². The number of nitrogens with zero attached hydrogens (tertiary/aromatic N) is 3. The van der Waals surface area contributed by atoms with E-state index in [0.29, 0.717) is 6.04 Å². The second-order valence-electron chi connectivity index (χ2n) is 8.74. The van der Waals surface area contributed by atoms with Gasteiger partial charge in [-0.1, -0.05) is 19.3 Å². The molecule has 3 aliphatic rings. The fourth-order valence-electron chi connectivity index (χ4n) is 5.23. The monoisotopic (exact) mass is 398 g/mol. The SMILES string of the molecule is Cc1nc(N2CCC(C(=O)NC3CCCCC3)CC2)c2c3c(sc2n1)CCC3. The number of aromatic nitrogens is 2. The molecule has 0 unspecified atom stereocenters. The van der Waals surface area contributed by atoms with Gasteiger partial charge >= 0.3 is 0 Å².